The van der Waals surface area contributed by atoms with E-state index in [0.29, 0.717) is 41.7 Å². The number of nitrogens with one attached hydrogen (secondary N) is 1. The molecule has 0 saturated heterocycles. The Balaban J connectivity index is 1.63. The van der Waals surface area contributed by atoms with Gasteiger partial charge < -0.3 is 15.8 Å². The van der Waals surface area contributed by atoms with Crippen LogP contribution in [-0.4, -0.2) is 52.6 Å². The van der Waals surface area contributed by atoms with Gasteiger partial charge in [0.15, 0.2) is 0 Å². The van der Waals surface area contributed by atoms with Gasteiger partial charge in [-0.25, -0.2) is 9.98 Å². The molecule has 0 aliphatic carbocycles. The molecule has 1 aliphatic rings. The molecule has 2 aromatic rings. The van der Waals surface area contributed by atoms with Crippen molar-refractivity contribution in [3.05, 3.63) is 72.1 Å². The van der Waals surface area contributed by atoms with E-state index >= 15 is 0 Å². The van der Waals surface area contributed by atoms with Gasteiger partial charge in [-0.15, -0.1) is 0 Å². The summed E-state index contributed by atoms with van der Waals surface area (Å²) in [4.78, 5) is 12.9. The molecule has 0 aromatic carbocycles. The van der Waals surface area contributed by atoms with Gasteiger partial charge >= 0.3 is 0 Å². The van der Waals surface area contributed by atoms with Gasteiger partial charge in [0.25, 0.3) is 0 Å². The Hall–Kier alpha value is -4.19. The van der Waals surface area contributed by atoms with Crippen LogP contribution in [0.2, 0.25) is 0 Å². The Morgan fingerprint density at radius 2 is 2.30 bits per heavy atom. The highest BCUT2D eigenvalue weighted by Gasteiger charge is 2.19. The smallest absolute Gasteiger partial charge is 0.232 e. The molecule has 170 valence electrons. The van der Waals surface area contributed by atoms with Crippen molar-refractivity contribution < 1.29 is 4.74 Å². The summed E-state index contributed by atoms with van der Waals surface area (Å²) in [5.41, 5.74) is 8.32. The molecule has 3 rings (SSSR count). The van der Waals surface area contributed by atoms with E-state index in [4.69, 9.17) is 10.5 Å². The predicted molar refractivity (Wildman–Crippen MR) is 129 cm³/mol. The van der Waals surface area contributed by atoms with E-state index in [2.05, 4.69) is 51.9 Å². The van der Waals surface area contributed by atoms with Gasteiger partial charge in [0.05, 0.1) is 24.9 Å². The number of nitrogens with zero attached hydrogens (tertiary/aromatic N) is 6. The van der Waals surface area contributed by atoms with Crippen molar-refractivity contribution >= 4 is 18.0 Å². The number of aliphatic imine (C=N–C) groups is 1. The van der Waals surface area contributed by atoms with Crippen LogP contribution in [-0.2, 0) is 6.42 Å². The predicted octanol–water partition coefficient (Wildman–Crippen LogP) is 2.48. The fourth-order valence-electron chi connectivity index (χ4n) is 3.09. The van der Waals surface area contributed by atoms with E-state index in [9.17, 15) is 5.26 Å². The van der Waals surface area contributed by atoms with Crippen LogP contribution < -0.4 is 15.8 Å². The van der Waals surface area contributed by atoms with E-state index in [1.807, 2.05) is 23.4 Å². The lowest BCUT2D eigenvalue weighted by atomic mass is 10.1. The van der Waals surface area contributed by atoms with Crippen molar-refractivity contribution in [2.75, 3.05) is 13.2 Å². The first-order chi connectivity index (χ1) is 16.0. The molecule has 0 amide bonds. The molecule has 0 radical (unpaired) electrons. The molecular formula is C24H28N8O. The number of nitriles is 1. The largest absolute Gasteiger partial charge is 0.476 e. The maximum Gasteiger partial charge on any atom is 0.232 e. The number of aromatic nitrogens is 2. The minimum absolute atomic E-state index is 0.0372. The first-order valence-electron chi connectivity index (χ1n) is 10.7. The molecule has 0 bridgehead atoms. The van der Waals surface area contributed by atoms with Crippen LogP contribution in [0, 0.1) is 11.3 Å². The third kappa shape index (κ3) is 6.64. The molecule has 0 saturated carbocycles. The summed E-state index contributed by atoms with van der Waals surface area (Å²) in [5.74, 6) is 0.734. The Bertz CT molecular complexity index is 1090. The zero-order valence-electron chi connectivity index (χ0n) is 18.8. The molecule has 0 fully saturated rings. The van der Waals surface area contributed by atoms with Crippen molar-refractivity contribution in [1.29, 1.82) is 5.26 Å². The summed E-state index contributed by atoms with van der Waals surface area (Å²) in [6, 6.07) is 9.67. The molecule has 9 nitrogen and oxygen atoms in total. The number of hydrogen-bond donors (Lipinski definition) is 2. The minimum Gasteiger partial charge on any atom is -0.476 e. The second-order valence-corrected chi connectivity index (χ2v) is 7.68. The fraction of sp³-hybridized carbons (Fsp3) is 0.292. The molecule has 1 aliphatic heterocycles. The molecule has 9 heteroatoms. The van der Waals surface area contributed by atoms with E-state index in [1.165, 1.54) is 6.20 Å². The number of hydrazone groups is 1. The van der Waals surface area contributed by atoms with E-state index < -0.39 is 0 Å². The Labute approximate surface area is 194 Å². The van der Waals surface area contributed by atoms with Gasteiger partial charge in [-0.2, -0.15) is 10.4 Å². The number of hydrogen-bond acceptors (Lipinski definition) is 9. The Morgan fingerprint density at radius 1 is 1.45 bits per heavy atom. The molecular weight excluding hydrogens is 416 g/mol. The summed E-state index contributed by atoms with van der Waals surface area (Å²) in [6.45, 7) is 9.25. The van der Waals surface area contributed by atoms with Crippen LogP contribution in [0.15, 0.2) is 65.4 Å². The second kappa shape index (κ2) is 11.4. The van der Waals surface area contributed by atoms with Crippen LogP contribution >= 0.6 is 0 Å². The highest BCUT2D eigenvalue weighted by Crippen LogP contribution is 2.19. The average molecular weight is 445 g/mol. The summed E-state index contributed by atoms with van der Waals surface area (Å²) < 4.78 is 5.79. The third-order valence-electron chi connectivity index (χ3n) is 4.89. The standard InChI is InChI=1S/C24H28N8O/c1-17(2)32-16-22(15-29-32)30-18(3)28-14-21(12-26)23-7-6-20(11-25)24(31-23)33-10-8-19-5-4-9-27-13-19/h4-7,9,12-15,17,22,30H,3,8,10,16,26H2,1-2H3/b21-12+,28-14-. The topological polar surface area (TPSA) is 125 Å². The van der Waals surface area contributed by atoms with Crippen molar-refractivity contribution in [1.82, 2.24) is 20.3 Å². The average Bonchev–Trinajstić information content (AvgIpc) is 3.29. The van der Waals surface area contributed by atoms with Crippen molar-refractivity contribution in [2.45, 2.75) is 32.4 Å². The van der Waals surface area contributed by atoms with Gasteiger partial charge in [-0.05, 0) is 37.6 Å². The highest BCUT2D eigenvalue weighted by molar-refractivity contribution is 6.09. The number of nitrogens with two attached hydrogens (primary N) is 1. The fourth-order valence-corrected chi connectivity index (χ4v) is 3.09. The van der Waals surface area contributed by atoms with Crippen LogP contribution in [0.1, 0.15) is 30.7 Å². The summed E-state index contributed by atoms with van der Waals surface area (Å²) in [6.07, 6.45) is 8.98. The van der Waals surface area contributed by atoms with Gasteiger partial charge in [-0.3, -0.25) is 9.99 Å². The quantitative estimate of drug-likeness (QED) is 0.539. The molecule has 0 spiro atoms. The van der Waals surface area contributed by atoms with Gasteiger partial charge in [0.1, 0.15) is 17.5 Å². The molecule has 33 heavy (non-hydrogen) atoms. The minimum atomic E-state index is 0.0372. The first-order valence-corrected chi connectivity index (χ1v) is 10.7. The molecule has 1 atom stereocenters. The molecule has 1 unspecified atom stereocenters. The lowest BCUT2D eigenvalue weighted by Crippen LogP contribution is -2.35. The highest BCUT2D eigenvalue weighted by atomic mass is 16.5. The van der Waals surface area contributed by atoms with E-state index in [1.54, 1.807) is 30.7 Å². The number of allylic oxidation sites excluding steroid dienone is 1. The molecule has 3 heterocycles. The number of pyridine rings is 2. The SMILES string of the molecule is C=C(/N=C\C(=C/N)c1ccc(C#N)c(OCCc2cccnc2)n1)NC1C=NN(C(C)C)C1. The van der Waals surface area contributed by atoms with Gasteiger partial charge in [-0.1, -0.05) is 12.6 Å². The van der Waals surface area contributed by atoms with Crippen molar-refractivity contribution in [3.63, 3.8) is 0 Å². The first kappa shape index (κ1) is 23.5. The molecule has 3 N–H and O–H groups in total. The summed E-state index contributed by atoms with van der Waals surface area (Å²) in [7, 11) is 0. The zero-order valence-corrected chi connectivity index (χ0v) is 18.8. The Kier molecular flexibility index (Phi) is 8.13. The Morgan fingerprint density at radius 3 is 2.97 bits per heavy atom. The van der Waals surface area contributed by atoms with E-state index in [-0.39, 0.29) is 11.9 Å². The normalized spacial score (nSPS) is 15.8. The van der Waals surface area contributed by atoms with Crippen LogP contribution in [0.3, 0.4) is 0 Å². The van der Waals surface area contributed by atoms with Gasteiger partial charge in [0.2, 0.25) is 5.88 Å². The monoisotopic (exact) mass is 444 g/mol. The summed E-state index contributed by atoms with van der Waals surface area (Å²) >= 11 is 0. The third-order valence-corrected chi connectivity index (χ3v) is 4.89. The summed E-state index contributed by atoms with van der Waals surface area (Å²) in [5, 5.41) is 19.0. The maximum atomic E-state index is 9.41. The van der Waals surface area contributed by atoms with Crippen molar-refractivity contribution in [2.24, 2.45) is 15.8 Å². The van der Waals surface area contributed by atoms with Crippen LogP contribution in [0.5, 0.6) is 5.88 Å². The lowest BCUT2D eigenvalue weighted by molar-refractivity contribution is 0.247. The van der Waals surface area contributed by atoms with Gasteiger partial charge in [0, 0.05) is 49.1 Å². The number of ether oxygens (including phenoxy) is 1. The van der Waals surface area contributed by atoms with E-state index in [0.717, 1.165) is 12.1 Å². The molecule has 2 aromatic heterocycles. The second-order valence-electron chi connectivity index (χ2n) is 7.68. The van der Waals surface area contributed by atoms with Crippen molar-refractivity contribution in [3.8, 4) is 11.9 Å². The van der Waals surface area contributed by atoms with Crippen LogP contribution in [0.4, 0.5) is 0 Å². The maximum absolute atomic E-state index is 9.41. The number of rotatable bonds is 10. The lowest BCUT2D eigenvalue weighted by Gasteiger charge is -2.20. The zero-order chi connectivity index (χ0) is 23.6. The van der Waals surface area contributed by atoms with Crippen LogP contribution in [0.25, 0.3) is 5.57 Å².